The molecule has 0 radical (unpaired) electrons. The second kappa shape index (κ2) is 5.54. The van der Waals surface area contributed by atoms with E-state index in [-0.39, 0.29) is 5.43 Å². The van der Waals surface area contributed by atoms with E-state index in [1.54, 1.807) is 0 Å². The van der Waals surface area contributed by atoms with Gasteiger partial charge in [-0.1, -0.05) is 11.6 Å². The van der Waals surface area contributed by atoms with Crippen molar-refractivity contribution in [2.45, 2.75) is 6.92 Å². The van der Waals surface area contributed by atoms with Gasteiger partial charge in [0.15, 0.2) is 0 Å². The minimum atomic E-state index is -0.139. The molecule has 5 heteroatoms. The molecule has 0 aliphatic rings. The quantitative estimate of drug-likeness (QED) is 0.738. The third-order valence-corrected chi connectivity index (χ3v) is 4.04. The van der Waals surface area contributed by atoms with Crippen molar-refractivity contribution in [1.82, 2.24) is 4.57 Å². The highest BCUT2D eigenvalue weighted by Crippen LogP contribution is 2.32. The number of hydrogen-bond donors (Lipinski definition) is 0. The van der Waals surface area contributed by atoms with Crippen LogP contribution in [0.15, 0.2) is 35.1 Å². The van der Waals surface area contributed by atoms with Crippen molar-refractivity contribution >= 4 is 33.4 Å². The Hall–Kier alpha value is -2.20. The first-order chi connectivity index (χ1) is 10.6. The standard InChI is InChI=1S/C17H16ClNO3/c1-4-22-10-5-6-11-12-8-16(21-3)13(18)9-15(20)17(12)19(2)14(11)7-10/h5-9H,4H2,1-3H3. The first-order valence-corrected chi connectivity index (χ1v) is 7.37. The molecule has 1 heterocycles. The van der Waals surface area contributed by atoms with E-state index in [4.69, 9.17) is 21.1 Å². The maximum absolute atomic E-state index is 12.5. The Labute approximate surface area is 132 Å². The summed E-state index contributed by atoms with van der Waals surface area (Å²) in [5.74, 6) is 1.26. The van der Waals surface area contributed by atoms with E-state index in [2.05, 4.69) is 0 Å². The lowest BCUT2D eigenvalue weighted by Gasteiger charge is -2.04. The van der Waals surface area contributed by atoms with E-state index in [1.165, 1.54) is 13.2 Å². The molecule has 3 rings (SSSR count). The number of methoxy groups -OCH3 is 1. The predicted octanol–water partition coefficient (Wildman–Crippen LogP) is 3.75. The van der Waals surface area contributed by atoms with Crippen LogP contribution in [-0.4, -0.2) is 18.3 Å². The maximum Gasteiger partial charge on any atom is 0.204 e. The molecule has 0 unspecified atom stereocenters. The maximum atomic E-state index is 12.5. The molecule has 114 valence electrons. The number of aromatic nitrogens is 1. The van der Waals surface area contributed by atoms with Gasteiger partial charge in [0.1, 0.15) is 11.5 Å². The van der Waals surface area contributed by atoms with E-state index in [0.717, 1.165) is 22.0 Å². The van der Waals surface area contributed by atoms with Crippen molar-refractivity contribution in [3.63, 3.8) is 0 Å². The molecular weight excluding hydrogens is 302 g/mol. The van der Waals surface area contributed by atoms with Crippen molar-refractivity contribution < 1.29 is 9.47 Å². The first-order valence-electron chi connectivity index (χ1n) is 6.99. The van der Waals surface area contributed by atoms with Crippen LogP contribution in [0.4, 0.5) is 0 Å². The number of halogens is 1. The predicted molar refractivity (Wildman–Crippen MR) is 89.4 cm³/mol. The largest absolute Gasteiger partial charge is 0.495 e. The Bertz CT molecular complexity index is 931. The van der Waals surface area contributed by atoms with Crippen LogP contribution >= 0.6 is 11.6 Å². The highest BCUT2D eigenvalue weighted by molar-refractivity contribution is 6.32. The summed E-state index contributed by atoms with van der Waals surface area (Å²) in [6.45, 7) is 2.54. The van der Waals surface area contributed by atoms with Gasteiger partial charge in [0.25, 0.3) is 0 Å². The number of nitrogens with zero attached hydrogens (tertiary/aromatic N) is 1. The third-order valence-electron chi connectivity index (χ3n) is 3.74. The third kappa shape index (κ3) is 2.20. The number of fused-ring (bicyclic) bond motifs is 3. The molecule has 4 nitrogen and oxygen atoms in total. The summed E-state index contributed by atoms with van der Waals surface area (Å²) in [5.41, 5.74) is 1.39. The van der Waals surface area contributed by atoms with Crippen LogP contribution in [0.1, 0.15) is 6.92 Å². The second-order valence-electron chi connectivity index (χ2n) is 5.00. The van der Waals surface area contributed by atoms with Gasteiger partial charge in [0.2, 0.25) is 5.43 Å². The number of benzene rings is 1. The zero-order valence-electron chi connectivity index (χ0n) is 12.6. The second-order valence-corrected chi connectivity index (χ2v) is 5.41. The molecule has 2 aromatic carbocycles. The van der Waals surface area contributed by atoms with Crippen molar-refractivity contribution in [2.24, 2.45) is 7.05 Å². The monoisotopic (exact) mass is 317 g/mol. The smallest absolute Gasteiger partial charge is 0.204 e. The van der Waals surface area contributed by atoms with Crippen LogP contribution in [-0.2, 0) is 7.05 Å². The zero-order valence-corrected chi connectivity index (χ0v) is 13.4. The molecule has 0 N–H and O–H groups in total. The van der Waals surface area contributed by atoms with Gasteiger partial charge < -0.3 is 14.0 Å². The van der Waals surface area contributed by atoms with Crippen LogP contribution in [0.5, 0.6) is 11.5 Å². The van der Waals surface area contributed by atoms with Crippen LogP contribution in [0.3, 0.4) is 0 Å². The molecule has 22 heavy (non-hydrogen) atoms. The average Bonchev–Trinajstić information content (AvgIpc) is 2.69. The highest BCUT2D eigenvalue weighted by atomic mass is 35.5. The summed E-state index contributed by atoms with van der Waals surface area (Å²) in [6, 6.07) is 8.99. The Morgan fingerprint density at radius 3 is 2.64 bits per heavy atom. The summed E-state index contributed by atoms with van der Waals surface area (Å²) in [6.07, 6.45) is 0. The average molecular weight is 318 g/mol. The van der Waals surface area contributed by atoms with Gasteiger partial charge in [-0.15, -0.1) is 0 Å². The van der Waals surface area contributed by atoms with Crippen LogP contribution < -0.4 is 14.9 Å². The van der Waals surface area contributed by atoms with Gasteiger partial charge in [-0.05, 0) is 25.1 Å². The minimum Gasteiger partial charge on any atom is -0.495 e. The van der Waals surface area contributed by atoms with Crippen molar-refractivity contribution in [2.75, 3.05) is 13.7 Å². The molecule has 0 bridgehead atoms. The summed E-state index contributed by atoms with van der Waals surface area (Å²) < 4.78 is 12.7. The van der Waals surface area contributed by atoms with Crippen LogP contribution in [0.2, 0.25) is 5.02 Å². The minimum absolute atomic E-state index is 0.139. The molecule has 3 aromatic rings. The SMILES string of the molecule is CCOc1ccc2c3cc(OC)c(Cl)cc(=O)c3n(C)c2c1. The normalized spacial score (nSPS) is 11.1. The van der Waals surface area contributed by atoms with E-state index < -0.39 is 0 Å². The van der Waals surface area contributed by atoms with Crippen LogP contribution in [0, 0.1) is 0 Å². The lowest BCUT2D eigenvalue weighted by molar-refractivity contribution is 0.340. The van der Waals surface area contributed by atoms with E-state index in [1.807, 2.05) is 42.8 Å². The molecule has 0 fully saturated rings. The Balaban J connectivity index is 2.48. The number of aryl methyl sites for hydroxylation is 1. The van der Waals surface area contributed by atoms with Gasteiger partial charge in [0, 0.05) is 30.0 Å². The van der Waals surface area contributed by atoms with Gasteiger partial charge in [0.05, 0.1) is 29.8 Å². The topological polar surface area (TPSA) is 40.5 Å². The van der Waals surface area contributed by atoms with E-state index in [0.29, 0.717) is 22.9 Å². The fourth-order valence-electron chi connectivity index (χ4n) is 2.76. The zero-order chi connectivity index (χ0) is 15.9. The van der Waals surface area contributed by atoms with Crippen molar-refractivity contribution in [3.05, 3.63) is 45.6 Å². The van der Waals surface area contributed by atoms with Crippen molar-refractivity contribution in [3.8, 4) is 11.5 Å². The lowest BCUT2D eigenvalue weighted by Crippen LogP contribution is -2.01. The fourth-order valence-corrected chi connectivity index (χ4v) is 2.99. The van der Waals surface area contributed by atoms with Crippen molar-refractivity contribution in [1.29, 1.82) is 0 Å². The van der Waals surface area contributed by atoms with Gasteiger partial charge in [-0.3, -0.25) is 4.79 Å². The fraction of sp³-hybridized carbons (Fsp3) is 0.235. The number of hydrogen-bond acceptors (Lipinski definition) is 3. The summed E-state index contributed by atoms with van der Waals surface area (Å²) >= 11 is 6.12. The van der Waals surface area contributed by atoms with E-state index >= 15 is 0 Å². The molecule has 0 saturated heterocycles. The molecule has 0 atom stereocenters. The number of rotatable bonds is 3. The molecular formula is C17H16ClNO3. The molecule has 0 aliphatic heterocycles. The Morgan fingerprint density at radius 1 is 1.18 bits per heavy atom. The molecule has 0 spiro atoms. The first kappa shape index (κ1) is 14.7. The summed E-state index contributed by atoms with van der Waals surface area (Å²) in [5, 5.41) is 2.08. The molecule has 0 saturated carbocycles. The number of ether oxygens (including phenoxy) is 2. The Kier molecular flexibility index (Phi) is 3.71. The summed E-state index contributed by atoms with van der Waals surface area (Å²) in [4.78, 5) is 12.5. The van der Waals surface area contributed by atoms with E-state index in [9.17, 15) is 4.79 Å². The van der Waals surface area contributed by atoms with Gasteiger partial charge in [-0.2, -0.15) is 0 Å². The Morgan fingerprint density at radius 2 is 1.95 bits per heavy atom. The highest BCUT2D eigenvalue weighted by Gasteiger charge is 2.13. The molecule has 0 amide bonds. The molecule has 1 aromatic heterocycles. The van der Waals surface area contributed by atoms with Gasteiger partial charge >= 0.3 is 0 Å². The van der Waals surface area contributed by atoms with Gasteiger partial charge in [-0.25, -0.2) is 0 Å². The van der Waals surface area contributed by atoms with Crippen LogP contribution in [0.25, 0.3) is 21.8 Å². The lowest BCUT2D eigenvalue weighted by atomic mass is 10.2. The summed E-state index contributed by atoms with van der Waals surface area (Å²) in [7, 11) is 3.40. The molecule has 0 aliphatic carbocycles.